The number of non-ortho nitro benzene ring substituents is 1. The van der Waals surface area contributed by atoms with E-state index < -0.39 is 20.7 Å². The van der Waals surface area contributed by atoms with E-state index in [1.165, 1.54) is 42.5 Å². The van der Waals surface area contributed by atoms with Crippen molar-refractivity contribution in [3.8, 4) is 5.75 Å². The number of hydrogen-bond acceptors (Lipinski definition) is 6. The number of carbonyl (C=O) groups excluding carboxylic acids is 1. The van der Waals surface area contributed by atoms with Crippen molar-refractivity contribution >= 4 is 27.1 Å². The Morgan fingerprint density at radius 2 is 1.92 bits per heavy atom. The molecule has 0 aliphatic carbocycles. The summed E-state index contributed by atoms with van der Waals surface area (Å²) in [4.78, 5) is 22.0. The van der Waals surface area contributed by atoms with E-state index in [0.29, 0.717) is 5.69 Å². The van der Waals surface area contributed by atoms with Gasteiger partial charge in [0.25, 0.3) is 11.6 Å². The van der Waals surface area contributed by atoms with Crippen LogP contribution in [0.2, 0.25) is 0 Å². The lowest BCUT2D eigenvalue weighted by Crippen LogP contribution is -2.20. The molecule has 0 saturated heterocycles. The predicted molar refractivity (Wildman–Crippen MR) is 86.8 cm³/mol. The summed E-state index contributed by atoms with van der Waals surface area (Å²) in [6.45, 7) is -0.371. The molecule has 1 N–H and O–H groups in total. The maximum absolute atomic E-state index is 11.8. The number of nitrogens with one attached hydrogen (secondary N) is 1. The van der Waals surface area contributed by atoms with Crippen LogP contribution in [-0.4, -0.2) is 32.1 Å². The Balaban J connectivity index is 1.99. The summed E-state index contributed by atoms with van der Waals surface area (Å²) in [5, 5.41) is 13.2. The van der Waals surface area contributed by atoms with E-state index in [1.54, 1.807) is 6.07 Å². The number of nitrogens with zero attached hydrogens (tertiary/aromatic N) is 1. The number of anilines is 1. The molecule has 9 heteroatoms. The van der Waals surface area contributed by atoms with Gasteiger partial charge in [0.15, 0.2) is 16.4 Å². The number of nitro benzene ring substituents is 1. The topological polar surface area (TPSA) is 116 Å². The third-order valence-corrected chi connectivity index (χ3v) is 4.05. The largest absolute Gasteiger partial charge is 0.484 e. The number of sulfone groups is 1. The zero-order chi connectivity index (χ0) is 17.7. The van der Waals surface area contributed by atoms with Crippen molar-refractivity contribution in [3.05, 3.63) is 58.6 Å². The standard InChI is InChI=1S/C15H14N2O6S/c1-24(21,22)14-7-2-4-11(8-14)16-15(18)10-23-13-6-3-5-12(9-13)17(19)20/h2-9H,10H2,1H3,(H,16,18). The second-order valence-corrected chi connectivity index (χ2v) is 6.91. The maximum atomic E-state index is 11.8. The van der Waals surface area contributed by atoms with Crippen LogP contribution in [-0.2, 0) is 14.6 Å². The molecule has 0 saturated carbocycles. The van der Waals surface area contributed by atoms with E-state index in [0.717, 1.165) is 6.26 Å². The number of rotatable bonds is 6. The fourth-order valence-electron chi connectivity index (χ4n) is 1.84. The Kier molecular flexibility index (Phi) is 5.14. The summed E-state index contributed by atoms with van der Waals surface area (Å²) in [5.41, 5.74) is 0.166. The number of carbonyl (C=O) groups is 1. The van der Waals surface area contributed by atoms with Crippen LogP contribution in [0, 0.1) is 10.1 Å². The maximum Gasteiger partial charge on any atom is 0.273 e. The van der Waals surface area contributed by atoms with Crippen molar-refractivity contribution in [2.75, 3.05) is 18.2 Å². The molecule has 0 atom stereocenters. The predicted octanol–water partition coefficient (Wildman–Crippen LogP) is 2.02. The van der Waals surface area contributed by atoms with Gasteiger partial charge in [0.1, 0.15) is 5.75 Å². The molecule has 0 heterocycles. The van der Waals surface area contributed by atoms with Crippen LogP contribution in [0.25, 0.3) is 0 Å². The molecule has 0 radical (unpaired) electrons. The van der Waals surface area contributed by atoms with Crippen LogP contribution < -0.4 is 10.1 Å². The van der Waals surface area contributed by atoms with Gasteiger partial charge in [-0.1, -0.05) is 12.1 Å². The molecule has 126 valence electrons. The van der Waals surface area contributed by atoms with Gasteiger partial charge in [-0.05, 0) is 24.3 Å². The first kappa shape index (κ1) is 17.4. The lowest BCUT2D eigenvalue weighted by molar-refractivity contribution is -0.384. The van der Waals surface area contributed by atoms with Gasteiger partial charge in [-0.25, -0.2) is 8.42 Å². The molecule has 0 fully saturated rings. The number of amides is 1. The molecule has 8 nitrogen and oxygen atoms in total. The first-order valence-corrected chi connectivity index (χ1v) is 8.62. The molecular formula is C15H14N2O6S. The molecule has 1 amide bonds. The third kappa shape index (κ3) is 4.78. The van der Waals surface area contributed by atoms with E-state index in [1.807, 2.05) is 0 Å². The Morgan fingerprint density at radius 3 is 2.58 bits per heavy atom. The number of benzene rings is 2. The monoisotopic (exact) mass is 350 g/mol. The van der Waals surface area contributed by atoms with Crippen molar-refractivity contribution in [1.29, 1.82) is 0 Å². The molecule has 0 aliphatic heterocycles. The fourth-order valence-corrected chi connectivity index (χ4v) is 2.50. The average Bonchev–Trinajstić information content (AvgIpc) is 2.52. The van der Waals surface area contributed by atoms with Gasteiger partial charge in [-0.3, -0.25) is 14.9 Å². The number of hydrogen-bond donors (Lipinski definition) is 1. The van der Waals surface area contributed by atoms with E-state index in [2.05, 4.69) is 5.32 Å². The van der Waals surface area contributed by atoms with Gasteiger partial charge >= 0.3 is 0 Å². The minimum absolute atomic E-state index is 0.0832. The average molecular weight is 350 g/mol. The second-order valence-electron chi connectivity index (χ2n) is 4.89. The molecule has 0 bridgehead atoms. The number of nitro groups is 1. The lowest BCUT2D eigenvalue weighted by atomic mass is 10.3. The third-order valence-electron chi connectivity index (χ3n) is 2.94. The molecule has 24 heavy (non-hydrogen) atoms. The van der Waals surface area contributed by atoms with Crippen LogP contribution in [0.15, 0.2) is 53.4 Å². The molecule has 2 rings (SSSR count). The first-order valence-electron chi connectivity index (χ1n) is 6.73. The highest BCUT2D eigenvalue weighted by atomic mass is 32.2. The summed E-state index contributed by atoms with van der Waals surface area (Å²) < 4.78 is 28.1. The summed E-state index contributed by atoms with van der Waals surface area (Å²) in [6, 6.07) is 11.3. The highest BCUT2D eigenvalue weighted by Gasteiger charge is 2.10. The number of ether oxygens (including phenoxy) is 1. The molecular weight excluding hydrogens is 336 g/mol. The highest BCUT2D eigenvalue weighted by molar-refractivity contribution is 7.90. The van der Waals surface area contributed by atoms with E-state index in [-0.39, 0.29) is 22.9 Å². The van der Waals surface area contributed by atoms with Crippen LogP contribution in [0.1, 0.15) is 0 Å². The summed E-state index contributed by atoms with van der Waals surface area (Å²) in [6.07, 6.45) is 1.07. The normalized spacial score (nSPS) is 10.9. The lowest BCUT2D eigenvalue weighted by Gasteiger charge is -2.08. The van der Waals surface area contributed by atoms with Gasteiger partial charge < -0.3 is 10.1 Å². The van der Waals surface area contributed by atoms with Crippen LogP contribution >= 0.6 is 0 Å². The molecule has 0 aliphatic rings. The van der Waals surface area contributed by atoms with Gasteiger partial charge in [0.2, 0.25) is 0 Å². The van der Waals surface area contributed by atoms with Crippen molar-refractivity contribution in [3.63, 3.8) is 0 Å². The van der Waals surface area contributed by atoms with Crippen molar-refractivity contribution < 1.29 is 22.9 Å². The first-order chi connectivity index (χ1) is 11.3. The van der Waals surface area contributed by atoms with Gasteiger partial charge in [-0.15, -0.1) is 0 Å². The van der Waals surface area contributed by atoms with Crippen molar-refractivity contribution in [1.82, 2.24) is 0 Å². The second kappa shape index (κ2) is 7.09. The Morgan fingerprint density at radius 1 is 1.21 bits per heavy atom. The van der Waals surface area contributed by atoms with Crippen molar-refractivity contribution in [2.24, 2.45) is 0 Å². The zero-order valence-electron chi connectivity index (χ0n) is 12.6. The molecule has 0 aromatic heterocycles. The fraction of sp³-hybridized carbons (Fsp3) is 0.133. The van der Waals surface area contributed by atoms with Gasteiger partial charge in [0.05, 0.1) is 15.9 Å². The SMILES string of the molecule is CS(=O)(=O)c1cccc(NC(=O)COc2cccc([N+](=O)[O-])c2)c1. The molecule has 2 aromatic carbocycles. The van der Waals surface area contributed by atoms with Crippen LogP contribution in [0.5, 0.6) is 5.75 Å². The van der Waals surface area contributed by atoms with Gasteiger partial charge in [-0.2, -0.15) is 0 Å². The van der Waals surface area contributed by atoms with Crippen LogP contribution in [0.4, 0.5) is 11.4 Å². The highest BCUT2D eigenvalue weighted by Crippen LogP contribution is 2.19. The molecule has 0 spiro atoms. The zero-order valence-corrected chi connectivity index (χ0v) is 13.4. The smallest absolute Gasteiger partial charge is 0.273 e. The van der Waals surface area contributed by atoms with E-state index in [4.69, 9.17) is 4.74 Å². The molecule has 0 unspecified atom stereocenters. The van der Waals surface area contributed by atoms with Gasteiger partial charge in [0, 0.05) is 18.0 Å². The minimum Gasteiger partial charge on any atom is -0.484 e. The van der Waals surface area contributed by atoms with Crippen LogP contribution in [0.3, 0.4) is 0 Å². The quantitative estimate of drug-likeness (QED) is 0.629. The summed E-state index contributed by atoms with van der Waals surface area (Å²) >= 11 is 0. The Hall–Kier alpha value is -2.94. The van der Waals surface area contributed by atoms with E-state index >= 15 is 0 Å². The Labute approximate surface area is 138 Å². The summed E-state index contributed by atoms with van der Waals surface area (Å²) in [5.74, 6) is -0.337. The van der Waals surface area contributed by atoms with E-state index in [9.17, 15) is 23.3 Å². The van der Waals surface area contributed by atoms with Crippen molar-refractivity contribution in [2.45, 2.75) is 4.90 Å². The minimum atomic E-state index is -3.38. The molecule has 2 aromatic rings. The Bertz CT molecular complexity index is 879. The summed E-state index contributed by atoms with van der Waals surface area (Å²) in [7, 11) is -3.38.